The van der Waals surface area contributed by atoms with Crippen molar-refractivity contribution in [2.24, 2.45) is 18.9 Å². The van der Waals surface area contributed by atoms with Gasteiger partial charge in [-0.15, -0.1) is 0 Å². The van der Waals surface area contributed by atoms with Crippen LogP contribution < -0.4 is 21.2 Å². The number of halogens is 1. The first-order valence-electron chi connectivity index (χ1n) is 12.4. The summed E-state index contributed by atoms with van der Waals surface area (Å²) in [6.07, 6.45) is 6.21. The Kier molecular flexibility index (Phi) is 6.92. The fraction of sp³-hybridized carbons (Fsp3) is 0.385. The molecule has 3 aromatic heterocycles. The monoisotopic (exact) mass is 519 g/mol. The van der Waals surface area contributed by atoms with Crippen molar-refractivity contribution in [3.63, 3.8) is 0 Å². The summed E-state index contributed by atoms with van der Waals surface area (Å²) >= 11 is 6.48. The van der Waals surface area contributed by atoms with E-state index < -0.39 is 0 Å². The summed E-state index contributed by atoms with van der Waals surface area (Å²) in [4.78, 5) is 36.9. The van der Waals surface area contributed by atoms with E-state index >= 15 is 0 Å². The molecule has 0 radical (unpaired) electrons. The van der Waals surface area contributed by atoms with Crippen molar-refractivity contribution in [3.05, 3.63) is 64.2 Å². The third kappa shape index (κ3) is 5.34. The Bertz CT molecular complexity index is 1470. The smallest absolute Gasteiger partial charge is 0.349 e. The number of anilines is 4. The van der Waals surface area contributed by atoms with Crippen molar-refractivity contribution in [3.8, 4) is 0 Å². The molecule has 2 N–H and O–H groups in total. The predicted molar refractivity (Wildman–Crippen MR) is 147 cm³/mol. The highest BCUT2D eigenvalue weighted by Crippen LogP contribution is 2.31. The van der Waals surface area contributed by atoms with Gasteiger partial charge in [0, 0.05) is 43.6 Å². The molecule has 1 fully saturated rings. The molecule has 1 aromatic carbocycles. The van der Waals surface area contributed by atoms with Crippen molar-refractivity contribution < 1.29 is 0 Å². The zero-order valence-electron chi connectivity index (χ0n) is 21.3. The normalized spacial score (nSPS) is 18.6. The number of nitrogens with one attached hydrogen (secondary N) is 2. The molecular weight excluding hydrogens is 490 g/mol. The van der Waals surface area contributed by atoms with Crippen molar-refractivity contribution in [1.82, 2.24) is 29.5 Å². The average Bonchev–Trinajstić information content (AvgIpc) is 2.88. The van der Waals surface area contributed by atoms with Crippen LogP contribution in [0.1, 0.15) is 39.1 Å². The lowest BCUT2D eigenvalue weighted by Crippen LogP contribution is -2.39. The molecule has 1 unspecified atom stereocenters. The van der Waals surface area contributed by atoms with Gasteiger partial charge in [-0.25, -0.2) is 19.7 Å². The lowest BCUT2D eigenvalue weighted by atomic mass is 9.92. The number of rotatable bonds is 6. The summed E-state index contributed by atoms with van der Waals surface area (Å²) < 4.78 is 1.52. The van der Waals surface area contributed by atoms with E-state index in [-0.39, 0.29) is 11.7 Å². The minimum absolute atomic E-state index is 0.256. The lowest BCUT2D eigenvalue weighted by Gasteiger charge is -2.35. The third-order valence-electron chi connectivity index (χ3n) is 6.58. The summed E-state index contributed by atoms with van der Waals surface area (Å²) in [7, 11) is 1.70. The molecule has 1 aliphatic rings. The second kappa shape index (κ2) is 10.3. The van der Waals surface area contributed by atoms with Crippen LogP contribution in [0.15, 0.2) is 47.7 Å². The second-order valence-corrected chi connectivity index (χ2v) is 10.3. The Balaban J connectivity index is 1.47. The van der Waals surface area contributed by atoms with Gasteiger partial charge in [0.1, 0.15) is 16.7 Å². The molecule has 4 aromatic rings. The van der Waals surface area contributed by atoms with Crippen LogP contribution >= 0.6 is 11.6 Å². The van der Waals surface area contributed by atoms with E-state index in [0.717, 1.165) is 29.7 Å². The molecule has 0 aliphatic carbocycles. The third-order valence-corrected chi connectivity index (χ3v) is 6.86. The highest BCUT2D eigenvalue weighted by atomic mass is 35.5. The highest BCUT2D eigenvalue weighted by Gasteiger charge is 2.24. The van der Waals surface area contributed by atoms with Crippen LogP contribution in [0.3, 0.4) is 0 Å². The molecule has 0 amide bonds. The Morgan fingerprint density at radius 1 is 1.05 bits per heavy atom. The molecule has 0 bridgehead atoms. The van der Waals surface area contributed by atoms with Crippen LogP contribution in [0.2, 0.25) is 5.02 Å². The first kappa shape index (κ1) is 24.9. The van der Waals surface area contributed by atoms with Crippen LogP contribution in [-0.2, 0) is 7.05 Å². The SMILES string of the molecule is CC(Nc1nc(=O)n(C)c2ccc(Nc3nc(N4C[C@H](C)C[C@H](C)C4)ncc3Cl)cc12)c1ncccn1. The molecule has 1 aliphatic heterocycles. The van der Waals surface area contributed by atoms with Crippen molar-refractivity contribution in [2.75, 3.05) is 28.6 Å². The molecule has 0 spiro atoms. The van der Waals surface area contributed by atoms with E-state index in [2.05, 4.69) is 49.3 Å². The number of benzene rings is 1. The van der Waals surface area contributed by atoms with Gasteiger partial charge in [0.25, 0.3) is 0 Å². The minimum atomic E-state index is -0.356. The zero-order valence-corrected chi connectivity index (χ0v) is 22.1. The number of fused-ring (bicyclic) bond motifs is 1. The van der Waals surface area contributed by atoms with Gasteiger partial charge in [0.05, 0.1) is 17.8 Å². The van der Waals surface area contributed by atoms with E-state index in [1.165, 1.54) is 11.0 Å². The summed E-state index contributed by atoms with van der Waals surface area (Å²) in [6, 6.07) is 7.19. The molecule has 1 saturated heterocycles. The summed E-state index contributed by atoms with van der Waals surface area (Å²) in [5, 5.41) is 7.82. The van der Waals surface area contributed by atoms with Gasteiger partial charge >= 0.3 is 5.69 Å². The summed E-state index contributed by atoms with van der Waals surface area (Å²) in [5.74, 6) is 3.40. The Morgan fingerprint density at radius 3 is 2.51 bits per heavy atom. The Hall–Kier alpha value is -3.79. The maximum Gasteiger partial charge on any atom is 0.349 e. The minimum Gasteiger partial charge on any atom is -0.360 e. The zero-order chi connectivity index (χ0) is 26.1. The van der Waals surface area contributed by atoms with Gasteiger partial charge in [-0.1, -0.05) is 25.4 Å². The molecule has 0 saturated carbocycles. The number of hydrogen-bond donors (Lipinski definition) is 2. The van der Waals surface area contributed by atoms with Crippen LogP contribution in [0.5, 0.6) is 0 Å². The number of piperidine rings is 1. The van der Waals surface area contributed by atoms with Gasteiger partial charge < -0.3 is 15.5 Å². The molecule has 5 rings (SSSR count). The topological polar surface area (TPSA) is 114 Å². The first-order chi connectivity index (χ1) is 17.8. The fourth-order valence-electron chi connectivity index (χ4n) is 4.90. The van der Waals surface area contributed by atoms with E-state index in [1.807, 2.05) is 25.1 Å². The van der Waals surface area contributed by atoms with E-state index in [0.29, 0.717) is 40.3 Å². The standard InChI is InChI=1S/C26H30ClN9O/c1-15-10-16(2)14-36(13-15)25-30-12-20(27)24(33-25)32-18-6-7-21-19(11-18)23(34-26(37)35(21)4)31-17(3)22-28-8-5-9-29-22/h5-9,11-12,15-17H,10,13-14H2,1-4H3,(H,30,32,33)(H,31,34,37)/t15-,16+,17?. The van der Waals surface area contributed by atoms with Gasteiger partial charge in [0.2, 0.25) is 5.95 Å². The van der Waals surface area contributed by atoms with Crippen molar-refractivity contribution >= 4 is 45.8 Å². The van der Waals surface area contributed by atoms with E-state index in [1.54, 1.807) is 31.7 Å². The van der Waals surface area contributed by atoms with Gasteiger partial charge in [0.15, 0.2) is 5.82 Å². The van der Waals surface area contributed by atoms with Crippen LogP contribution in [0.4, 0.5) is 23.3 Å². The molecule has 37 heavy (non-hydrogen) atoms. The van der Waals surface area contributed by atoms with Crippen LogP contribution in [0.25, 0.3) is 10.9 Å². The quantitative estimate of drug-likeness (QED) is 0.378. The number of aryl methyl sites for hydroxylation is 1. The van der Waals surface area contributed by atoms with Crippen LogP contribution in [-0.4, -0.2) is 42.6 Å². The Morgan fingerprint density at radius 2 is 1.78 bits per heavy atom. The molecule has 10 nitrogen and oxygen atoms in total. The number of hydrogen-bond acceptors (Lipinski definition) is 9. The van der Waals surface area contributed by atoms with E-state index in [4.69, 9.17) is 16.6 Å². The maximum absolute atomic E-state index is 12.6. The fourth-order valence-corrected chi connectivity index (χ4v) is 5.04. The molecule has 11 heteroatoms. The summed E-state index contributed by atoms with van der Waals surface area (Å²) in [5.41, 5.74) is 1.14. The van der Waals surface area contributed by atoms with E-state index in [9.17, 15) is 4.79 Å². The largest absolute Gasteiger partial charge is 0.360 e. The predicted octanol–water partition coefficient (Wildman–Crippen LogP) is 4.57. The van der Waals surface area contributed by atoms with Gasteiger partial charge in [-0.3, -0.25) is 4.57 Å². The molecular formula is C26H30ClN9O. The summed E-state index contributed by atoms with van der Waals surface area (Å²) in [6.45, 7) is 8.26. The van der Waals surface area contributed by atoms with Crippen molar-refractivity contribution in [1.29, 1.82) is 0 Å². The molecule has 192 valence electrons. The Labute approximate surface area is 220 Å². The van der Waals surface area contributed by atoms with Crippen molar-refractivity contribution in [2.45, 2.75) is 33.2 Å². The molecule has 3 atom stereocenters. The number of nitrogens with zero attached hydrogens (tertiary/aromatic N) is 7. The van der Waals surface area contributed by atoms with Gasteiger partial charge in [-0.05, 0) is 49.4 Å². The second-order valence-electron chi connectivity index (χ2n) is 9.85. The molecule has 4 heterocycles. The number of aromatic nitrogens is 6. The first-order valence-corrected chi connectivity index (χ1v) is 12.7. The lowest BCUT2D eigenvalue weighted by molar-refractivity contribution is 0.353. The highest BCUT2D eigenvalue weighted by molar-refractivity contribution is 6.32. The van der Waals surface area contributed by atoms with Crippen LogP contribution in [0, 0.1) is 11.8 Å². The van der Waals surface area contributed by atoms with Gasteiger partial charge in [-0.2, -0.15) is 9.97 Å². The average molecular weight is 520 g/mol. The maximum atomic E-state index is 12.6.